The highest BCUT2D eigenvalue weighted by Crippen LogP contribution is 2.24. The number of rotatable bonds is 5. The Hall–Kier alpha value is -0.120. The van der Waals surface area contributed by atoms with Gasteiger partial charge >= 0.3 is 0 Å². The standard InChI is InChI=1S/C14H29N3/c1-4-14(7-5-8-15-14)12-17(3)11-13-6-9-16(2)10-13/h13,15H,4-12H2,1-3H3. The van der Waals surface area contributed by atoms with Crippen molar-refractivity contribution in [3.8, 4) is 0 Å². The van der Waals surface area contributed by atoms with Gasteiger partial charge in [0.15, 0.2) is 0 Å². The number of likely N-dealkylation sites (tertiary alicyclic amines) is 1. The maximum Gasteiger partial charge on any atom is 0.0306 e. The molecule has 0 aromatic heterocycles. The van der Waals surface area contributed by atoms with E-state index in [1.807, 2.05) is 0 Å². The van der Waals surface area contributed by atoms with Gasteiger partial charge in [-0.15, -0.1) is 0 Å². The van der Waals surface area contributed by atoms with Crippen LogP contribution in [-0.4, -0.2) is 62.2 Å². The molecule has 2 rings (SSSR count). The number of nitrogens with one attached hydrogen (secondary N) is 1. The van der Waals surface area contributed by atoms with Crippen LogP contribution in [0.3, 0.4) is 0 Å². The molecule has 1 N–H and O–H groups in total. The Labute approximate surface area is 107 Å². The molecule has 3 heteroatoms. The summed E-state index contributed by atoms with van der Waals surface area (Å²) in [4.78, 5) is 5.02. The first-order valence-electron chi connectivity index (χ1n) is 7.26. The van der Waals surface area contributed by atoms with Gasteiger partial charge < -0.3 is 15.1 Å². The number of likely N-dealkylation sites (N-methyl/N-ethyl adjacent to an activating group) is 1. The van der Waals surface area contributed by atoms with Gasteiger partial charge in [0.2, 0.25) is 0 Å². The minimum absolute atomic E-state index is 0.416. The summed E-state index contributed by atoms with van der Waals surface area (Å²) in [7, 11) is 4.54. The molecule has 2 saturated heterocycles. The van der Waals surface area contributed by atoms with Gasteiger partial charge in [0.05, 0.1) is 0 Å². The smallest absolute Gasteiger partial charge is 0.0306 e. The molecular weight excluding hydrogens is 210 g/mol. The highest BCUT2D eigenvalue weighted by Gasteiger charge is 2.33. The van der Waals surface area contributed by atoms with Crippen LogP contribution in [0.1, 0.15) is 32.6 Å². The second kappa shape index (κ2) is 5.68. The summed E-state index contributed by atoms with van der Waals surface area (Å²) in [6.45, 7) is 8.62. The lowest BCUT2D eigenvalue weighted by Crippen LogP contribution is -2.49. The molecule has 0 aromatic carbocycles. The molecule has 0 amide bonds. The lowest BCUT2D eigenvalue weighted by Gasteiger charge is -2.34. The number of hydrogen-bond donors (Lipinski definition) is 1. The molecular formula is C14H29N3. The van der Waals surface area contributed by atoms with Gasteiger partial charge in [-0.3, -0.25) is 0 Å². The summed E-state index contributed by atoms with van der Waals surface area (Å²) in [6.07, 6.45) is 5.36. The molecule has 2 heterocycles. The molecule has 3 nitrogen and oxygen atoms in total. The van der Waals surface area contributed by atoms with Gasteiger partial charge in [-0.05, 0) is 58.8 Å². The monoisotopic (exact) mass is 239 g/mol. The van der Waals surface area contributed by atoms with Crippen LogP contribution in [0.15, 0.2) is 0 Å². The Balaban J connectivity index is 1.78. The Morgan fingerprint density at radius 1 is 1.47 bits per heavy atom. The second-order valence-corrected chi connectivity index (χ2v) is 6.28. The largest absolute Gasteiger partial charge is 0.310 e. The van der Waals surface area contributed by atoms with E-state index < -0.39 is 0 Å². The van der Waals surface area contributed by atoms with Crippen molar-refractivity contribution in [3.63, 3.8) is 0 Å². The number of nitrogens with zero attached hydrogens (tertiary/aromatic N) is 2. The van der Waals surface area contributed by atoms with Gasteiger partial charge in [-0.25, -0.2) is 0 Å². The van der Waals surface area contributed by atoms with Crippen molar-refractivity contribution in [1.29, 1.82) is 0 Å². The van der Waals surface area contributed by atoms with Crippen LogP contribution in [0.5, 0.6) is 0 Å². The molecule has 0 aliphatic carbocycles. The molecule has 0 saturated carbocycles. The minimum Gasteiger partial charge on any atom is -0.310 e. The van der Waals surface area contributed by atoms with Crippen molar-refractivity contribution >= 4 is 0 Å². The highest BCUT2D eigenvalue weighted by atomic mass is 15.2. The Bertz CT molecular complexity index is 236. The van der Waals surface area contributed by atoms with Gasteiger partial charge in [-0.2, -0.15) is 0 Å². The molecule has 2 aliphatic rings. The summed E-state index contributed by atoms with van der Waals surface area (Å²) < 4.78 is 0. The van der Waals surface area contributed by atoms with E-state index in [2.05, 4.69) is 36.1 Å². The lowest BCUT2D eigenvalue weighted by atomic mass is 9.93. The van der Waals surface area contributed by atoms with Gasteiger partial charge in [0.1, 0.15) is 0 Å². The summed E-state index contributed by atoms with van der Waals surface area (Å²) >= 11 is 0. The SMILES string of the molecule is CCC1(CN(C)CC2CCN(C)C2)CCCN1. The summed E-state index contributed by atoms with van der Waals surface area (Å²) in [5, 5.41) is 3.73. The molecule has 0 spiro atoms. The molecule has 0 radical (unpaired) electrons. The first kappa shape index (κ1) is 13.3. The molecule has 0 bridgehead atoms. The van der Waals surface area contributed by atoms with Crippen LogP contribution in [-0.2, 0) is 0 Å². The van der Waals surface area contributed by atoms with Crippen LogP contribution in [0.4, 0.5) is 0 Å². The third kappa shape index (κ3) is 3.43. The molecule has 2 aliphatic heterocycles. The molecule has 100 valence electrons. The predicted molar refractivity (Wildman–Crippen MR) is 73.4 cm³/mol. The molecule has 2 fully saturated rings. The predicted octanol–water partition coefficient (Wildman–Crippen LogP) is 1.40. The normalized spacial score (nSPS) is 34.9. The Morgan fingerprint density at radius 3 is 2.82 bits per heavy atom. The fraction of sp³-hybridized carbons (Fsp3) is 1.00. The Kier molecular flexibility index (Phi) is 4.45. The third-order valence-electron chi connectivity index (χ3n) is 4.64. The van der Waals surface area contributed by atoms with Crippen LogP contribution in [0.25, 0.3) is 0 Å². The van der Waals surface area contributed by atoms with E-state index in [0.29, 0.717) is 5.54 Å². The molecule has 0 aromatic rings. The maximum absolute atomic E-state index is 3.73. The summed E-state index contributed by atoms with van der Waals surface area (Å²) in [5.74, 6) is 0.889. The summed E-state index contributed by atoms with van der Waals surface area (Å²) in [6, 6.07) is 0. The Morgan fingerprint density at radius 2 is 2.29 bits per heavy atom. The molecule has 2 atom stereocenters. The quantitative estimate of drug-likeness (QED) is 0.782. The maximum atomic E-state index is 3.73. The van der Waals surface area contributed by atoms with E-state index in [9.17, 15) is 0 Å². The van der Waals surface area contributed by atoms with Crippen molar-refractivity contribution in [2.75, 3.05) is 46.8 Å². The zero-order valence-electron chi connectivity index (χ0n) is 11.8. The van der Waals surface area contributed by atoms with Crippen molar-refractivity contribution < 1.29 is 0 Å². The zero-order valence-corrected chi connectivity index (χ0v) is 11.8. The van der Waals surface area contributed by atoms with E-state index in [4.69, 9.17) is 0 Å². The van der Waals surface area contributed by atoms with E-state index in [0.717, 1.165) is 5.92 Å². The van der Waals surface area contributed by atoms with Crippen molar-refractivity contribution in [1.82, 2.24) is 15.1 Å². The summed E-state index contributed by atoms with van der Waals surface area (Å²) in [5.41, 5.74) is 0.416. The van der Waals surface area contributed by atoms with E-state index in [1.54, 1.807) is 0 Å². The topological polar surface area (TPSA) is 18.5 Å². The van der Waals surface area contributed by atoms with Crippen LogP contribution in [0, 0.1) is 5.92 Å². The van der Waals surface area contributed by atoms with Crippen LogP contribution >= 0.6 is 0 Å². The minimum atomic E-state index is 0.416. The average molecular weight is 239 g/mol. The molecule has 2 unspecified atom stereocenters. The third-order valence-corrected chi connectivity index (χ3v) is 4.64. The van der Waals surface area contributed by atoms with Crippen molar-refractivity contribution in [3.05, 3.63) is 0 Å². The van der Waals surface area contributed by atoms with Gasteiger partial charge in [-0.1, -0.05) is 6.92 Å². The fourth-order valence-electron chi connectivity index (χ4n) is 3.61. The average Bonchev–Trinajstić information content (AvgIpc) is 2.89. The van der Waals surface area contributed by atoms with Crippen molar-refractivity contribution in [2.24, 2.45) is 5.92 Å². The lowest BCUT2D eigenvalue weighted by molar-refractivity contribution is 0.196. The fourth-order valence-corrected chi connectivity index (χ4v) is 3.61. The number of hydrogen-bond acceptors (Lipinski definition) is 3. The van der Waals surface area contributed by atoms with Gasteiger partial charge in [0, 0.05) is 25.2 Å². The van der Waals surface area contributed by atoms with Crippen LogP contribution in [0.2, 0.25) is 0 Å². The highest BCUT2D eigenvalue weighted by molar-refractivity contribution is 4.94. The van der Waals surface area contributed by atoms with Gasteiger partial charge in [0.25, 0.3) is 0 Å². The zero-order chi connectivity index (χ0) is 12.3. The van der Waals surface area contributed by atoms with E-state index >= 15 is 0 Å². The van der Waals surface area contributed by atoms with Crippen LogP contribution < -0.4 is 5.32 Å². The first-order valence-corrected chi connectivity index (χ1v) is 7.26. The first-order chi connectivity index (χ1) is 8.13. The second-order valence-electron chi connectivity index (χ2n) is 6.28. The van der Waals surface area contributed by atoms with E-state index in [-0.39, 0.29) is 0 Å². The molecule has 17 heavy (non-hydrogen) atoms. The van der Waals surface area contributed by atoms with E-state index in [1.165, 1.54) is 58.4 Å². The van der Waals surface area contributed by atoms with Crippen molar-refractivity contribution in [2.45, 2.75) is 38.1 Å².